The van der Waals surface area contributed by atoms with Gasteiger partial charge >= 0.3 is 0 Å². The standard InChI is InChI=1S/C9H12FN3O.ClH/c1-14-7-4-2-3-6(8(7)10)5-13-9(11)12;/h2-4H,5H2,1H3,(H4,11,12,13);1H. The van der Waals surface area contributed by atoms with Crippen LogP contribution in [0.2, 0.25) is 0 Å². The lowest BCUT2D eigenvalue weighted by Crippen LogP contribution is -2.22. The number of nitrogens with two attached hydrogens (primary N) is 2. The number of benzene rings is 1. The van der Waals surface area contributed by atoms with Gasteiger partial charge in [-0.2, -0.15) is 0 Å². The topological polar surface area (TPSA) is 73.6 Å². The van der Waals surface area contributed by atoms with E-state index in [0.29, 0.717) is 5.56 Å². The summed E-state index contributed by atoms with van der Waals surface area (Å²) in [4.78, 5) is 3.71. The van der Waals surface area contributed by atoms with Gasteiger partial charge in [-0.25, -0.2) is 9.38 Å². The summed E-state index contributed by atoms with van der Waals surface area (Å²) in [6.07, 6.45) is 0. The van der Waals surface area contributed by atoms with Crippen LogP contribution in [0.3, 0.4) is 0 Å². The highest BCUT2D eigenvalue weighted by atomic mass is 35.5. The molecule has 0 saturated carbocycles. The van der Waals surface area contributed by atoms with E-state index in [0.717, 1.165) is 0 Å². The Hall–Kier alpha value is -1.49. The average molecular weight is 234 g/mol. The van der Waals surface area contributed by atoms with Gasteiger partial charge in [0.25, 0.3) is 0 Å². The van der Waals surface area contributed by atoms with E-state index in [1.807, 2.05) is 0 Å². The summed E-state index contributed by atoms with van der Waals surface area (Å²) < 4.78 is 18.3. The number of nitrogens with zero attached hydrogens (tertiary/aromatic N) is 1. The van der Waals surface area contributed by atoms with Crippen molar-refractivity contribution < 1.29 is 9.13 Å². The molecular formula is C9H13ClFN3O. The average Bonchev–Trinajstić information content (AvgIpc) is 2.16. The van der Waals surface area contributed by atoms with Gasteiger partial charge in [0.1, 0.15) is 0 Å². The van der Waals surface area contributed by atoms with Crippen molar-refractivity contribution in [3.05, 3.63) is 29.6 Å². The predicted octanol–water partition coefficient (Wildman–Crippen LogP) is 1.03. The number of guanidine groups is 1. The molecule has 0 fully saturated rings. The monoisotopic (exact) mass is 233 g/mol. The SMILES string of the molecule is COc1cccc(CN=C(N)N)c1F.Cl. The van der Waals surface area contributed by atoms with Crippen molar-refractivity contribution in [1.29, 1.82) is 0 Å². The third-order valence-corrected chi connectivity index (χ3v) is 1.70. The van der Waals surface area contributed by atoms with Crippen LogP contribution in [0.1, 0.15) is 5.56 Å². The molecule has 0 bridgehead atoms. The van der Waals surface area contributed by atoms with Gasteiger partial charge < -0.3 is 16.2 Å². The van der Waals surface area contributed by atoms with Crippen LogP contribution < -0.4 is 16.2 Å². The Balaban J connectivity index is 0.00000196. The van der Waals surface area contributed by atoms with Crippen molar-refractivity contribution in [2.75, 3.05) is 7.11 Å². The van der Waals surface area contributed by atoms with Crippen molar-refractivity contribution >= 4 is 18.4 Å². The second-order valence-electron chi connectivity index (χ2n) is 2.67. The third-order valence-electron chi connectivity index (χ3n) is 1.70. The lowest BCUT2D eigenvalue weighted by atomic mass is 10.2. The smallest absolute Gasteiger partial charge is 0.186 e. The number of methoxy groups -OCH3 is 1. The maximum atomic E-state index is 13.4. The first kappa shape index (κ1) is 13.5. The van der Waals surface area contributed by atoms with E-state index in [1.165, 1.54) is 13.2 Å². The minimum Gasteiger partial charge on any atom is -0.494 e. The van der Waals surface area contributed by atoms with Crippen LogP contribution in [0.25, 0.3) is 0 Å². The van der Waals surface area contributed by atoms with E-state index in [1.54, 1.807) is 12.1 Å². The number of hydrogen-bond donors (Lipinski definition) is 2. The van der Waals surface area contributed by atoms with Crippen LogP contribution >= 0.6 is 12.4 Å². The first-order valence-electron chi connectivity index (χ1n) is 4.02. The Bertz CT molecular complexity index is 353. The Morgan fingerprint density at radius 2 is 2.13 bits per heavy atom. The summed E-state index contributed by atoms with van der Waals surface area (Å²) in [5, 5.41) is 0. The Labute approximate surface area is 93.5 Å². The molecule has 1 aromatic rings. The van der Waals surface area contributed by atoms with Crippen molar-refractivity contribution in [3.8, 4) is 5.75 Å². The molecule has 0 unspecified atom stereocenters. The van der Waals surface area contributed by atoms with E-state index >= 15 is 0 Å². The number of halogens is 2. The van der Waals surface area contributed by atoms with Crippen LogP contribution in [0.4, 0.5) is 4.39 Å². The van der Waals surface area contributed by atoms with Gasteiger partial charge in [0, 0.05) is 5.56 Å². The normalized spacial score (nSPS) is 8.93. The third kappa shape index (κ3) is 3.63. The highest BCUT2D eigenvalue weighted by Crippen LogP contribution is 2.20. The molecule has 0 aliphatic heterocycles. The summed E-state index contributed by atoms with van der Waals surface area (Å²) in [5.74, 6) is -0.305. The minimum atomic E-state index is -0.431. The van der Waals surface area contributed by atoms with Crippen LogP contribution in [0, 0.1) is 5.82 Å². The summed E-state index contributed by atoms with van der Waals surface area (Å²) in [6, 6.07) is 4.82. The highest BCUT2D eigenvalue weighted by Gasteiger charge is 2.06. The van der Waals surface area contributed by atoms with Gasteiger partial charge in [-0.15, -0.1) is 12.4 Å². The van der Waals surface area contributed by atoms with Gasteiger partial charge in [-0.1, -0.05) is 12.1 Å². The van der Waals surface area contributed by atoms with Crippen molar-refractivity contribution in [3.63, 3.8) is 0 Å². The molecule has 0 heterocycles. The van der Waals surface area contributed by atoms with Crippen molar-refractivity contribution in [2.24, 2.45) is 16.5 Å². The van der Waals surface area contributed by atoms with Crippen LogP contribution in [-0.2, 0) is 6.54 Å². The molecule has 1 rings (SSSR count). The van der Waals surface area contributed by atoms with Crippen LogP contribution in [0.5, 0.6) is 5.75 Å². The lowest BCUT2D eigenvalue weighted by molar-refractivity contribution is 0.384. The summed E-state index contributed by atoms with van der Waals surface area (Å²) in [7, 11) is 1.41. The zero-order valence-electron chi connectivity index (χ0n) is 8.24. The zero-order valence-corrected chi connectivity index (χ0v) is 9.05. The molecule has 0 aliphatic carbocycles. The lowest BCUT2D eigenvalue weighted by Gasteiger charge is -2.04. The Morgan fingerprint density at radius 1 is 1.47 bits per heavy atom. The van der Waals surface area contributed by atoms with E-state index in [4.69, 9.17) is 16.2 Å². The maximum Gasteiger partial charge on any atom is 0.186 e. The fraction of sp³-hybridized carbons (Fsp3) is 0.222. The molecule has 84 valence electrons. The first-order chi connectivity index (χ1) is 6.65. The van der Waals surface area contributed by atoms with Crippen molar-refractivity contribution in [2.45, 2.75) is 6.54 Å². The largest absolute Gasteiger partial charge is 0.494 e. The Morgan fingerprint density at radius 3 is 2.67 bits per heavy atom. The second kappa shape index (κ2) is 6.08. The molecule has 0 radical (unpaired) electrons. The zero-order chi connectivity index (χ0) is 10.6. The summed E-state index contributed by atoms with van der Waals surface area (Å²) in [6.45, 7) is 0.116. The molecule has 6 heteroatoms. The van der Waals surface area contributed by atoms with Gasteiger partial charge in [0.05, 0.1) is 13.7 Å². The molecule has 15 heavy (non-hydrogen) atoms. The fourth-order valence-corrected chi connectivity index (χ4v) is 1.01. The molecule has 0 aromatic heterocycles. The van der Waals surface area contributed by atoms with E-state index in [2.05, 4.69) is 4.99 Å². The number of ether oxygens (including phenoxy) is 1. The van der Waals surface area contributed by atoms with Gasteiger partial charge in [-0.05, 0) is 6.07 Å². The maximum absolute atomic E-state index is 13.4. The molecule has 0 aliphatic rings. The Kier molecular flexibility index (Phi) is 5.48. The number of hydrogen-bond acceptors (Lipinski definition) is 2. The molecule has 0 atom stereocenters. The quantitative estimate of drug-likeness (QED) is 0.605. The van der Waals surface area contributed by atoms with E-state index in [9.17, 15) is 4.39 Å². The van der Waals surface area contributed by atoms with Gasteiger partial charge in [0.15, 0.2) is 17.5 Å². The van der Waals surface area contributed by atoms with Gasteiger partial charge in [-0.3, -0.25) is 0 Å². The van der Waals surface area contributed by atoms with Crippen molar-refractivity contribution in [1.82, 2.24) is 0 Å². The molecular weight excluding hydrogens is 221 g/mol. The second-order valence-corrected chi connectivity index (χ2v) is 2.67. The van der Waals surface area contributed by atoms with Crippen LogP contribution in [0.15, 0.2) is 23.2 Å². The minimum absolute atomic E-state index is 0. The van der Waals surface area contributed by atoms with E-state index < -0.39 is 5.82 Å². The summed E-state index contributed by atoms with van der Waals surface area (Å²) in [5.41, 5.74) is 10.7. The first-order valence-corrected chi connectivity index (χ1v) is 4.02. The molecule has 0 amide bonds. The number of aliphatic imine (C=N–C) groups is 1. The molecule has 0 spiro atoms. The summed E-state index contributed by atoms with van der Waals surface area (Å²) >= 11 is 0. The molecule has 4 nitrogen and oxygen atoms in total. The van der Waals surface area contributed by atoms with Gasteiger partial charge in [0.2, 0.25) is 0 Å². The molecule has 4 N–H and O–H groups in total. The number of rotatable bonds is 3. The fourth-order valence-electron chi connectivity index (χ4n) is 1.01. The van der Waals surface area contributed by atoms with Crippen LogP contribution in [-0.4, -0.2) is 13.1 Å². The molecule has 1 aromatic carbocycles. The highest BCUT2D eigenvalue weighted by molar-refractivity contribution is 5.85. The van der Waals surface area contributed by atoms with E-state index in [-0.39, 0.29) is 30.7 Å². The molecule has 0 saturated heterocycles. The predicted molar refractivity (Wildman–Crippen MR) is 59.7 cm³/mol.